The van der Waals surface area contributed by atoms with Gasteiger partial charge in [-0.15, -0.1) is 0 Å². The highest BCUT2D eigenvalue weighted by atomic mass is 19.4. The van der Waals surface area contributed by atoms with Gasteiger partial charge >= 0.3 is 12.3 Å². The van der Waals surface area contributed by atoms with Gasteiger partial charge in [-0.2, -0.15) is 18.3 Å². The van der Waals surface area contributed by atoms with Crippen molar-refractivity contribution in [2.45, 2.75) is 32.5 Å². The van der Waals surface area contributed by atoms with Crippen LogP contribution in [0.1, 0.15) is 26.5 Å². The molecule has 0 aliphatic carbocycles. The first-order chi connectivity index (χ1) is 16.4. The van der Waals surface area contributed by atoms with Crippen LogP contribution in [0.15, 0.2) is 54.6 Å². The Balaban J connectivity index is 1.74. The maximum Gasteiger partial charge on any atom is 0.435 e. The third kappa shape index (κ3) is 6.91. The highest BCUT2D eigenvalue weighted by Crippen LogP contribution is 2.34. The number of methoxy groups -OCH3 is 1. The van der Waals surface area contributed by atoms with Crippen LogP contribution in [0, 0.1) is 0 Å². The Bertz CT molecular complexity index is 1130. The van der Waals surface area contributed by atoms with E-state index in [4.69, 9.17) is 14.2 Å². The number of aromatic nitrogens is 2. The minimum Gasteiger partial charge on any atom is -0.497 e. The van der Waals surface area contributed by atoms with Crippen molar-refractivity contribution in [1.29, 1.82) is 0 Å². The zero-order valence-electron chi connectivity index (χ0n) is 20.2. The molecule has 0 bridgehead atoms. The van der Waals surface area contributed by atoms with E-state index < -0.39 is 23.6 Å². The Hall–Kier alpha value is -3.69. The van der Waals surface area contributed by atoms with Gasteiger partial charge in [-0.25, -0.2) is 9.48 Å². The first-order valence-corrected chi connectivity index (χ1v) is 10.9. The monoisotopic (exact) mass is 491 g/mol. The molecule has 3 aromatic rings. The van der Waals surface area contributed by atoms with Crippen LogP contribution >= 0.6 is 0 Å². The van der Waals surface area contributed by atoms with Gasteiger partial charge in [0.1, 0.15) is 23.7 Å². The number of alkyl halides is 3. The zero-order valence-corrected chi connectivity index (χ0v) is 20.2. The molecule has 0 aliphatic heterocycles. The summed E-state index contributed by atoms with van der Waals surface area (Å²) in [5, 5.41) is 3.79. The van der Waals surface area contributed by atoms with Crippen LogP contribution in [0.4, 0.5) is 18.0 Å². The molecule has 188 valence electrons. The fourth-order valence-corrected chi connectivity index (χ4v) is 3.10. The van der Waals surface area contributed by atoms with Crippen LogP contribution in [0.3, 0.4) is 0 Å². The zero-order chi connectivity index (χ0) is 25.8. The van der Waals surface area contributed by atoms with Gasteiger partial charge in [-0.1, -0.05) is 0 Å². The molecular formula is C25H28F3N3O4. The summed E-state index contributed by atoms with van der Waals surface area (Å²) in [5.41, 5.74) is -0.317. The van der Waals surface area contributed by atoms with Gasteiger partial charge in [0.05, 0.1) is 25.0 Å². The Morgan fingerprint density at radius 1 is 1.00 bits per heavy atom. The van der Waals surface area contributed by atoms with E-state index in [0.717, 1.165) is 6.07 Å². The summed E-state index contributed by atoms with van der Waals surface area (Å²) in [6, 6.07) is 14.2. The number of amides is 1. The topological polar surface area (TPSA) is 65.8 Å². The molecule has 0 aliphatic rings. The molecule has 0 N–H and O–H groups in total. The molecule has 7 nitrogen and oxygen atoms in total. The smallest absolute Gasteiger partial charge is 0.435 e. The lowest BCUT2D eigenvalue weighted by atomic mass is 10.1. The van der Waals surface area contributed by atoms with Crippen molar-refractivity contribution in [2.75, 3.05) is 27.3 Å². The van der Waals surface area contributed by atoms with Crippen LogP contribution < -0.4 is 9.47 Å². The maximum absolute atomic E-state index is 13.4. The summed E-state index contributed by atoms with van der Waals surface area (Å²) in [6.07, 6.45) is -5.04. The van der Waals surface area contributed by atoms with E-state index >= 15 is 0 Å². The molecule has 10 heteroatoms. The lowest BCUT2D eigenvalue weighted by Crippen LogP contribution is -2.36. The Morgan fingerprint density at radius 3 is 2.14 bits per heavy atom. The molecule has 3 rings (SSSR count). The number of nitrogens with zero attached hydrogens (tertiary/aromatic N) is 3. The summed E-state index contributed by atoms with van der Waals surface area (Å²) in [5.74, 6) is 1.09. The highest BCUT2D eigenvalue weighted by molar-refractivity contribution is 5.67. The Morgan fingerprint density at radius 2 is 1.60 bits per heavy atom. The summed E-state index contributed by atoms with van der Waals surface area (Å²) in [7, 11) is 3.12. The summed E-state index contributed by atoms with van der Waals surface area (Å²) >= 11 is 0. The standard InChI is InChI=1S/C25H28F3N3O4/c1-24(2,3)35-23(32)30(4)14-15-34-20-10-6-17(7-11-20)21-16-22(25(26,27)28)29-31(21)18-8-12-19(33-5)13-9-18/h6-13,16H,14-15H2,1-5H3. The number of carbonyl (C=O) groups excluding carboxylic acids is 1. The number of carbonyl (C=O) groups is 1. The van der Waals surface area contributed by atoms with Gasteiger partial charge in [0.2, 0.25) is 0 Å². The predicted octanol–water partition coefficient (Wildman–Crippen LogP) is 5.81. The van der Waals surface area contributed by atoms with Crippen LogP contribution in [0.2, 0.25) is 0 Å². The molecule has 0 atom stereocenters. The van der Waals surface area contributed by atoms with E-state index in [2.05, 4.69) is 5.10 Å². The number of hydrogen-bond acceptors (Lipinski definition) is 5. The van der Waals surface area contributed by atoms with Crippen LogP contribution in [0.5, 0.6) is 11.5 Å². The second-order valence-electron chi connectivity index (χ2n) is 8.80. The molecule has 0 fully saturated rings. The van der Waals surface area contributed by atoms with E-state index in [1.54, 1.807) is 76.3 Å². The number of rotatable bonds is 7. The van der Waals surface area contributed by atoms with Gasteiger partial charge in [0.15, 0.2) is 5.69 Å². The van der Waals surface area contributed by atoms with Crippen molar-refractivity contribution >= 4 is 6.09 Å². The lowest BCUT2D eigenvalue weighted by molar-refractivity contribution is -0.141. The minimum absolute atomic E-state index is 0.219. The molecule has 1 aromatic heterocycles. The van der Waals surface area contributed by atoms with E-state index in [-0.39, 0.29) is 12.3 Å². The average molecular weight is 492 g/mol. The molecule has 1 heterocycles. The third-order valence-corrected chi connectivity index (χ3v) is 4.87. The average Bonchev–Trinajstić information content (AvgIpc) is 3.24. The molecule has 0 unspecified atom stereocenters. The van der Waals surface area contributed by atoms with Crippen LogP contribution in [0.25, 0.3) is 16.9 Å². The van der Waals surface area contributed by atoms with Gasteiger partial charge < -0.3 is 19.1 Å². The SMILES string of the molecule is COc1ccc(-n2nc(C(F)(F)F)cc2-c2ccc(OCCN(C)C(=O)OC(C)(C)C)cc2)cc1. The van der Waals surface area contributed by atoms with Crippen molar-refractivity contribution in [1.82, 2.24) is 14.7 Å². The molecule has 2 aromatic carbocycles. The van der Waals surface area contributed by atoms with Crippen molar-refractivity contribution < 1.29 is 32.2 Å². The molecule has 0 saturated carbocycles. The van der Waals surface area contributed by atoms with Gasteiger partial charge in [0, 0.05) is 12.6 Å². The number of ether oxygens (including phenoxy) is 3. The molecule has 35 heavy (non-hydrogen) atoms. The number of hydrogen-bond donors (Lipinski definition) is 0. The normalized spacial score (nSPS) is 11.8. The predicted molar refractivity (Wildman–Crippen MR) is 125 cm³/mol. The number of halogens is 3. The van der Waals surface area contributed by atoms with Crippen molar-refractivity contribution in [2.24, 2.45) is 0 Å². The van der Waals surface area contributed by atoms with Crippen molar-refractivity contribution in [3.05, 3.63) is 60.3 Å². The molecule has 1 amide bonds. The Labute approximate surface area is 202 Å². The molecule has 0 saturated heterocycles. The fraction of sp³-hybridized carbons (Fsp3) is 0.360. The lowest BCUT2D eigenvalue weighted by Gasteiger charge is -2.24. The van der Waals surface area contributed by atoms with Crippen molar-refractivity contribution in [3.8, 4) is 28.4 Å². The minimum atomic E-state index is -4.59. The van der Waals surface area contributed by atoms with Gasteiger partial charge in [-0.05, 0) is 75.4 Å². The van der Waals surface area contributed by atoms with Crippen LogP contribution in [-0.4, -0.2) is 53.7 Å². The Kier molecular flexibility index (Phi) is 7.62. The van der Waals surface area contributed by atoms with Crippen LogP contribution in [-0.2, 0) is 10.9 Å². The second kappa shape index (κ2) is 10.3. The molecule has 0 spiro atoms. The fourth-order valence-electron chi connectivity index (χ4n) is 3.10. The summed E-state index contributed by atoms with van der Waals surface area (Å²) < 4.78 is 57.5. The summed E-state index contributed by atoms with van der Waals surface area (Å²) in [4.78, 5) is 13.4. The number of benzene rings is 2. The summed E-state index contributed by atoms with van der Waals surface area (Å²) in [6.45, 7) is 5.88. The third-order valence-electron chi connectivity index (χ3n) is 4.87. The van der Waals surface area contributed by atoms with Crippen molar-refractivity contribution in [3.63, 3.8) is 0 Å². The highest BCUT2D eigenvalue weighted by Gasteiger charge is 2.35. The van der Waals surface area contributed by atoms with E-state index in [0.29, 0.717) is 29.3 Å². The molecule has 0 radical (unpaired) electrons. The largest absolute Gasteiger partial charge is 0.497 e. The second-order valence-corrected chi connectivity index (χ2v) is 8.80. The van der Waals surface area contributed by atoms with Gasteiger partial charge in [-0.3, -0.25) is 0 Å². The first kappa shape index (κ1) is 25.9. The first-order valence-electron chi connectivity index (χ1n) is 10.9. The van der Waals surface area contributed by atoms with Gasteiger partial charge in [0.25, 0.3) is 0 Å². The van der Waals surface area contributed by atoms with E-state index in [1.165, 1.54) is 16.7 Å². The quantitative estimate of drug-likeness (QED) is 0.417. The van der Waals surface area contributed by atoms with E-state index in [9.17, 15) is 18.0 Å². The van der Waals surface area contributed by atoms with E-state index in [1.807, 2.05) is 0 Å². The molecular weight excluding hydrogens is 463 g/mol. The number of likely N-dealkylation sites (N-methyl/N-ethyl adjacent to an activating group) is 1. The maximum atomic E-state index is 13.4.